The molecule has 1 saturated heterocycles. The Morgan fingerprint density at radius 2 is 2.16 bits per heavy atom. The predicted molar refractivity (Wildman–Crippen MR) is 75.2 cm³/mol. The van der Waals surface area contributed by atoms with Crippen LogP contribution in [-0.2, 0) is 9.59 Å². The lowest BCUT2D eigenvalue weighted by Gasteiger charge is -2.38. The van der Waals surface area contributed by atoms with Crippen molar-refractivity contribution >= 4 is 29.5 Å². The van der Waals surface area contributed by atoms with Gasteiger partial charge in [0.25, 0.3) is 0 Å². The number of nitrogens with one attached hydrogen (secondary N) is 1. The second-order valence-electron chi connectivity index (χ2n) is 5.12. The van der Waals surface area contributed by atoms with E-state index in [1.165, 1.54) is 0 Å². The summed E-state index contributed by atoms with van der Waals surface area (Å²) in [5.74, 6) is -0.869. The van der Waals surface area contributed by atoms with Crippen LogP contribution in [0.15, 0.2) is 4.99 Å². The topological polar surface area (TPSA) is 78.8 Å². The Hall–Kier alpha value is -0.880. The number of thioether (sulfide) groups is 1. The molecule has 0 radical (unpaired) electrons. The van der Waals surface area contributed by atoms with Gasteiger partial charge in [-0.1, -0.05) is 18.7 Å². The van der Waals surface area contributed by atoms with Gasteiger partial charge in [-0.15, -0.1) is 0 Å². The maximum Gasteiger partial charge on any atom is 0.157 e. The minimum atomic E-state index is -0.387. The maximum atomic E-state index is 11.3. The van der Waals surface area contributed by atoms with Gasteiger partial charge in [-0.25, -0.2) is 0 Å². The highest BCUT2D eigenvalue weighted by atomic mass is 32.2. The normalized spacial score (nSPS) is 39.7. The van der Waals surface area contributed by atoms with Gasteiger partial charge in [0.05, 0.1) is 6.04 Å². The van der Waals surface area contributed by atoms with Crippen molar-refractivity contribution in [3.8, 4) is 0 Å². The lowest BCUT2D eigenvalue weighted by Crippen LogP contribution is -2.51. The van der Waals surface area contributed by atoms with E-state index in [2.05, 4.69) is 17.2 Å². The summed E-state index contributed by atoms with van der Waals surface area (Å²) in [4.78, 5) is 27.0. The second kappa shape index (κ2) is 6.52. The van der Waals surface area contributed by atoms with Crippen LogP contribution >= 0.6 is 11.8 Å². The van der Waals surface area contributed by atoms with Crippen LogP contribution in [0.2, 0.25) is 0 Å². The molecule has 0 spiro atoms. The Kier molecular flexibility index (Phi) is 4.99. The number of rotatable bonds is 5. The van der Waals surface area contributed by atoms with Crippen LogP contribution in [0.1, 0.15) is 19.8 Å². The first-order valence-electron chi connectivity index (χ1n) is 6.74. The van der Waals surface area contributed by atoms with Crippen molar-refractivity contribution in [3.63, 3.8) is 0 Å². The van der Waals surface area contributed by atoms with Gasteiger partial charge >= 0.3 is 0 Å². The monoisotopic (exact) mass is 284 g/mol. The fraction of sp³-hybridized carbons (Fsp3) is 0.769. The van der Waals surface area contributed by atoms with E-state index in [4.69, 9.17) is 0 Å². The largest absolute Gasteiger partial charge is 0.396 e. The molecule has 2 aliphatic rings. The van der Waals surface area contributed by atoms with Crippen LogP contribution in [0, 0.1) is 17.8 Å². The molecule has 1 heterocycles. The quantitative estimate of drug-likeness (QED) is 0.717. The standard InChI is InChI=1S/C13H20N2O3S/c1-2-3-14-13-15-12-10(7-18)9(6-17)8(5-16)4-11(12)19-13/h6-12,16H,2-5H2,1H3,(H,14,15). The van der Waals surface area contributed by atoms with Crippen LogP contribution in [0.25, 0.3) is 0 Å². The zero-order chi connectivity index (χ0) is 13.8. The van der Waals surface area contributed by atoms with Gasteiger partial charge in [-0.05, 0) is 18.8 Å². The first-order chi connectivity index (χ1) is 9.24. The van der Waals surface area contributed by atoms with E-state index >= 15 is 0 Å². The molecule has 1 aliphatic carbocycles. The van der Waals surface area contributed by atoms with Gasteiger partial charge < -0.3 is 20.0 Å². The van der Waals surface area contributed by atoms with Crippen molar-refractivity contribution in [2.45, 2.75) is 31.1 Å². The summed E-state index contributed by atoms with van der Waals surface area (Å²) in [7, 11) is 0. The average molecular weight is 284 g/mol. The molecule has 5 atom stereocenters. The highest BCUT2D eigenvalue weighted by molar-refractivity contribution is 8.14. The molecule has 2 fully saturated rings. The number of hydrogen-bond acceptors (Lipinski definition) is 5. The zero-order valence-electron chi connectivity index (χ0n) is 11.0. The van der Waals surface area contributed by atoms with Crippen LogP contribution in [0.4, 0.5) is 0 Å². The van der Waals surface area contributed by atoms with E-state index in [0.29, 0.717) is 0 Å². The summed E-state index contributed by atoms with van der Waals surface area (Å²) in [6.07, 6.45) is 3.41. The molecule has 1 saturated carbocycles. The molecule has 6 heteroatoms. The number of nitrogens with zero attached hydrogens (tertiary/aromatic N) is 1. The molecule has 106 valence electrons. The number of carbonyl (C=O) groups is 2. The van der Waals surface area contributed by atoms with Crippen molar-refractivity contribution < 1.29 is 14.7 Å². The van der Waals surface area contributed by atoms with Crippen molar-refractivity contribution in [2.24, 2.45) is 22.7 Å². The van der Waals surface area contributed by atoms with Gasteiger partial charge in [0, 0.05) is 30.2 Å². The third kappa shape index (κ3) is 2.84. The van der Waals surface area contributed by atoms with Gasteiger partial charge in [0.1, 0.15) is 12.6 Å². The summed E-state index contributed by atoms with van der Waals surface area (Å²) in [6.45, 7) is 2.79. The molecule has 5 unspecified atom stereocenters. The SMILES string of the molecule is CCCN=C1NC2C(CC(CO)C(C=O)C2C=O)S1. The van der Waals surface area contributed by atoms with E-state index in [9.17, 15) is 14.7 Å². The van der Waals surface area contributed by atoms with Crippen molar-refractivity contribution in [1.82, 2.24) is 5.32 Å². The summed E-state index contributed by atoms with van der Waals surface area (Å²) in [6, 6.07) is -0.0314. The van der Waals surface area contributed by atoms with E-state index in [-0.39, 0.29) is 35.7 Å². The average Bonchev–Trinajstić information content (AvgIpc) is 2.85. The van der Waals surface area contributed by atoms with Gasteiger partial charge in [-0.2, -0.15) is 0 Å². The molecule has 0 aromatic carbocycles. The minimum Gasteiger partial charge on any atom is -0.396 e. The van der Waals surface area contributed by atoms with Crippen molar-refractivity contribution in [3.05, 3.63) is 0 Å². The number of carbonyl (C=O) groups excluding carboxylic acids is 2. The number of amidine groups is 1. The fourth-order valence-electron chi connectivity index (χ4n) is 2.90. The molecule has 2 rings (SSSR count). The summed E-state index contributed by atoms with van der Waals surface area (Å²) < 4.78 is 0. The number of aliphatic imine (C=N–C) groups is 1. The third-order valence-corrected chi connectivity index (χ3v) is 5.18. The number of aldehydes is 2. The van der Waals surface area contributed by atoms with Crippen LogP contribution in [-0.4, -0.2) is 47.3 Å². The molecule has 2 N–H and O–H groups in total. The van der Waals surface area contributed by atoms with E-state index in [1.807, 2.05) is 0 Å². The van der Waals surface area contributed by atoms with Crippen LogP contribution < -0.4 is 5.32 Å². The number of aliphatic hydroxyl groups excluding tert-OH is 1. The molecule has 0 aromatic heterocycles. The Balaban J connectivity index is 2.16. The predicted octanol–water partition coefficient (Wildman–Crippen LogP) is 0.468. The summed E-state index contributed by atoms with van der Waals surface area (Å²) in [5, 5.41) is 13.8. The van der Waals surface area contributed by atoms with E-state index in [1.54, 1.807) is 11.8 Å². The minimum absolute atomic E-state index is 0.0314. The Morgan fingerprint density at radius 3 is 2.74 bits per heavy atom. The highest BCUT2D eigenvalue weighted by Gasteiger charge is 2.48. The van der Waals surface area contributed by atoms with Crippen molar-refractivity contribution in [2.75, 3.05) is 13.2 Å². The number of aliphatic hydroxyl groups is 1. The van der Waals surface area contributed by atoms with E-state index in [0.717, 1.165) is 37.1 Å². The zero-order valence-corrected chi connectivity index (χ0v) is 11.8. The number of fused-ring (bicyclic) bond motifs is 1. The maximum absolute atomic E-state index is 11.3. The van der Waals surface area contributed by atoms with Gasteiger partial charge in [0.15, 0.2) is 5.17 Å². The lowest BCUT2D eigenvalue weighted by molar-refractivity contribution is -0.124. The lowest BCUT2D eigenvalue weighted by atomic mass is 9.70. The second-order valence-corrected chi connectivity index (χ2v) is 6.35. The van der Waals surface area contributed by atoms with Crippen molar-refractivity contribution in [1.29, 1.82) is 0 Å². The van der Waals surface area contributed by atoms with Crippen LogP contribution in [0.3, 0.4) is 0 Å². The third-order valence-electron chi connectivity index (χ3n) is 3.92. The highest BCUT2D eigenvalue weighted by Crippen LogP contribution is 2.42. The Bertz CT molecular complexity index is 375. The molecule has 19 heavy (non-hydrogen) atoms. The summed E-state index contributed by atoms with van der Waals surface area (Å²) >= 11 is 1.64. The number of hydrogen-bond donors (Lipinski definition) is 2. The summed E-state index contributed by atoms with van der Waals surface area (Å²) in [5.41, 5.74) is 0. The van der Waals surface area contributed by atoms with Gasteiger partial charge in [0.2, 0.25) is 0 Å². The molecule has 0 amide bonds. The fourth-order valence-corrected chi connectivity index (χ4v) is 4.30. The molecule has 0 bridgehead atoms. The molecule has 5 nitrogen and oxygen atoms in total. The van der Waals surface area contributed by atoms with E-state index < -0.39 is 0 Å². The Labute approximate surface area is 117 Å². The van der Waals surface area contributed by atoms with Crippen LogP contribution in [0.5, 0.6) is 0 Å². The van der Waals surface area contributed by atoms with Gasteiger partial charge in [-0.3, -0.25) is 4.99 Å². The molecule has 0 aromatic rings. The molecule has 1 aliphatic heterocycles. The molecular formula is C13H20N2O3S. The smallest absolute Gasteiger partial charge is 0.157 e. The first-order valence-corrected chi connectivity index (χ1v) is 7.62. The Morgan fingerprint density at radius 1 is 1.42 bits per heavy atom. The first kappa shape index (κ1) is 14.5. The molecular weight excluding hydrogens is 264 g/mol.